The van der Waals surface area contributed by atoms with Crippen molar-refractivity contribution in [1.29, 1.82) is 0 Å². The Morgan fingerprint density at radius 2 is 1.59 bits per heavy atom. The zero-order valence-electron chi connectivity index (χ0n) is 17.0. The average Bonchev–Trinajstić information content (AvgIpc) is 3.33. The summed E-state index contributed by atoms with van der Waals surface area (Å²) in [4.78, 5) is 25.7. The molecule has 0 bridgehead atoms. The topological polar surface area (TPSA) is 46.2 Å². The number of carbonyl (C=O) groups is 2. The zero-order chi connectivity index (χ0) is 24.8. The summed E-state index contributed by atoms with van der Waals surface area (Å²) in [6.07, 6.45) is -0.337. The van der Waals surface area contributed by atoms with Crippen molar-refractivity contribution in [3.05, 3.63) is 98.0 Å². The molecule has 0 unspecified atom stereocenters. The number of amides is 1. The monoisotopic (exact) mass is 561 g/mol. The van der Waals surface area contributed by atoms with Gasteiger partial charge in [-0.1, -0.05) is 40.9 Å². The van der Waals surface area contributed by atoms with E-state index >= 15 is 0 Å². The van der Waals surface area contributed by atoms with Crippen molar-refractivity contribution in [2.24, 2.45) is 5.92 Å². The summed E-state index contributed by atoms with van der Waals surface area (Å²) in [6.45, 7) is 0. The summed E-state index contributed by atoms with van der Waals surface area (Å²) in [5, 5.41) is 3.57. The lowest BCUT2D eigenvalue weighted by molar-refractivity contribution is -0.117. The van der Waals surface area contributed by atoms with E-state index in [2.05, 4.69) is 5.32 Å². The van der Waals surface area contributed by atoms with Crippen molar-refractivity contribution >= 4 is 75.4 Å². The van der Waals surface area contributed by atoms with Crippen LogP contribution in [0.2, 0.25) is 15.1 Å². The Balaban J connectivity index is 1.52. The van der Waals surface area contributed by atoms with Gasteiger partial charge in [-0.05, 0) is 53.6 Å². The predicted octanol–water partition coefficient (Wildman–Crippen LogP) is 7.88. The summed E-state index contributed by atoms with van der Waals surface area (Å²) in [7, 11) is 0. The van der Waals surface area contributed by atoms with Gasteiger partial charge in [0.15, 0.2) is 5.78 Å². The molecule has 0 heterocycles. The minimum atomic E-state index is -1.37. The van der Waals surface area contributed by atoms with Crippen LogP contribution in [0.4, 0.5) is 14.5 Å². The molecule has 1 aliphatic carbocycles. The van der Waals surface area contributed by atoms with Crippen molar-refractivity contribution in [3.8, 4) is 0 Å². The number of carbonyl (C=O) groups excluding carboxylic acids is 2. The minimum Gasteiger partial charge on any atom is -0.326 e. The standard InChI is InChI=1S/C24H14Cl5F2NO2/c25-13-5-12(6-14(26)8-13)21-22(24(21,28)29)23(34)32-16-3-4-18(27)17(10-16)20(33)7-11-1-2-15(30)9-19(11)31/h1-6,8-10,21-22H,7H2,(H,32,34)/t21-,22+/m0/s1. The van der Waals surface area contributed by atoms with E-state index in [1.807, 2.05) is 0 Å². The predicted molar refractivity (Wildman–Crippen MR) is 132 cm³/mol. The summed E-state index contributed by atoms with van der Waals surface area (Å²) < 4.78 is 25.7. The van der Waals surface area contributed by atoms with Gasteiger partial charge in [0.05, 0.1) is 10.9 Å². The van der Waals surface area contributed by atoms with Crippen molar-refractivity contribution in [3.63, 3.8) is 0 Å². The van der Waals surface area contributed by atoms with E-state index in [4.69, 9.17) is 58.0 Å². The number of ketones is 1. The molecule has 176 valence electrons. The third-order valence-electron chi connectivity index (χ3n) is 5.48. The molecule has 1 N–H and O–H groups in total. The first-order valence-electron chi connectivity index (χ1n) is 9.88. The maximum Gasteiger partial charge on any atom is 0.231 e. The van der Waals surface area contributed by atoms with E-state index in [9.17, 15) is 18.4 Å². The maximum absolute atomic E-state index is 13.9. The fourth-order valence-electron chi connectivity index (χ4n) is 3.79. The molecule has 1 aliphatic rings. The van der Waals surface area contributed by atoms with E-state index in [0.29, 0.717) is 21.7 Å². The molecule has 4 rings (SSSR count). The van der Waals surface area contributed by atoms with Gasteiger partial charge >= 0.3 is 0 Å². The van der Waals surface area contributed by atoms with Crippen LogP contribution in [0, 0.1) is 17.6 Å². The van der Waals surface area contributed by atoms with Crippen LogP contribution in [0.3, 0.4) is 0 Å². The Kier molecular flexibility index (Phi) is 7.14. The van der Waals surface area contributed by atoms with Crippen LogP contribution in [0.25, 0.3) is 0 Å². The first-order chi connectivity index (χ1) is 16.0. The smallest absolute Gasteiger partial charge is 0.231 e. The summed E-state index contributed by atoms with van der Waals surface area (Å²) in [6, 6.07) is 12.1. The van der Waals surface area contributed by atoms with Gasteiger partial charge in [0.1, 0.15) is 16.0 Å². The molecular weight excluding hydrogens is 550 g/mol. The van der Waals surface area contributed by atoms with E-state index < -0.39 is 39.5 Å². The Labute approximate surface area is 218 Å². The third kappa shape index (κ3) is 5.19. The zero-order valence-corrected chi connectivity index (χ0v) is 20.8. The van der Waals surface area contributed by atoms with Gasteiger partial charge in [0.2, 0.25) is 5.91 Å². The highest BCUT2D eigenvalue weighted by molar-refractivity contribution is 6.53. The normalized spacial score (nSPS) is 18.4. The lowest BCUT2D eigenvalue weighted by Gasteiger charge is -2.10. The van der Waals surface area contributed by atoms with Gasteiger partial charge < -0.3 is 5.32 Å². The fourth-order valence-corrected chi connectivity index (χ4v) is 5.39. The quantitative estimate of drug-likeness (QED) is 0.245. The molecule has 3 nitrogen and oxygen atoms in total. The van der Waals surface area contributed by atoms with Crippen molar-refractivity contribution < 1.29 is 18.4 Å². The molecule has 3 aromatic carbocycles. The van der Waals surface area contributed by atoms with Gasteiger partial charge in [-0.25, -0.2) is 8.78 Å². The molecule has 0 aromatic heterocycles. The van der Waals surface area contributed by atoms with Gasteiger partial charge in [-0.2, -0.15) is 0 Å². The first kappa shape index (κ1) is 25.2. The number of hydrogen-bond donors (Lipinski definition) is 1. The molecule has 1 fully saturated rings. The van der Waals surface area contributed by atoms with Crippen LogP contribution < -0.4 is 5.32 Å². The SMILES string of the molecule is O=C(Cc1ccc(F)cc1F)c1cc(NC(=O)[C@H]2[C@H](c3cc(Cl)cc(Cl)c3)C2(Cl)Cl)ccc1Cl. The van der Waals surface area contributed by atoms with E-state index in [-0.39, 0.29) is 28.3 Å². The molecule has 0 radical (unpaired) electrons. The van der Waals surface area contributed by atoms with Crippen LogP contribution in [-0.2, 0) is 11.2 Å². The van der Waals surface area contributed by atoms with E-state index in [0.717, 1.165) is 6.07 Å². The number of alkyl halides is 2. The molecule has 10 heteroatoms. The van der Waals surface area contributed by atoms with Crippen LogP contribution in [-0.4, -0.2) is 16.0 Å². The Hall–Kier alpha value is -1.89. The minimum absolute atomic E-state index is 0.0203. The van der Waals surface area contributed by atoms with Crippen LogP contribution in [0.1, 0.15) is 27.4 Å². The molecule has 3 aromatic rings. The van der Waals surface area contributed by atoms with Crippen molar-refractivity contribution in [2.75, 3.05) is 5.32 Å². The molecule has 1 amide bonds. The number of anilines is 1. The molecule has 0 spiro atoms. The Morgan fingerprint density at radius 3 is 2.24 bits per heavy atom. The highest BCUT2D eigenvalue weighted by Crippen LogP contribution is 2.65. The van der Waals surface area contributed by atoms with Gasteiger partial charge in [0.25, 0.3) is 0 Å². The summed E-state index contributed by atoms with van der Waals surface area (Å²) in [5.74, 6) is -3.90. The second-order valence-corrected chi connectivity index (χ2v) is 10.6. The number of hydrogen-bond acceptors (Lipinski definition) is 2. The maximum atomic E-state index is 13.9. The second kappa shape index (κ2) is 9.63. The highest BCUT2D eigenvalue weighted by Gasteiger charge is 2.67. The second-order valence-electron chi connectivity index (χ2n) is 7.85. The molecule has 2 atom stereocenters. The Bertz CT molecular complexity index is 1290. The van der Waals surface area contributed by atoms with Gasteiger partial charge in [-0.15, -0.1) is 23.2 Å². The fraction of sp³-hybridized carbons (Fsp3) is 0.167. The Morgan fingerprint density at radius 1 is 0.912 bits per heavy atom. The lowest BCUT2D eigenvalue weighted by atomic mass is 10.0. The molecular formula is C24H14Cl5F2NO2. The van der Waals surface area contributed by atoms with Crippen LogP contribution in [0.5, 0.6) is 0 Å². The number of halogens is 7. The number of nitrogens with one attached hydrogen (secondary N) is 1. The average molecular weight is 564 g/mol. The lowest BCUT2D eigenvalue weighted by Crippen LogP contribution is -2.17. The first-order valence-corrected chi connectivity index (χ1v) is 11.8. The summed E-state index contributed by atoms with van der Waals surface area (Å²) in [5.41, 5.74) is 0.985. The van der Waals surface area contributed by atoms with Crippen LogP contribution >= 0.6 is 58.0 Å². The van der Waals surface area contributed by atoms with E-state index in [1.165, 1.54) is 24.3 Å². The van der Waals surface area contributed by atoms with Gasteiger partial charge in [0, 0.05) is 39.7 Å². The highest BCUT2D eigenvalue weighted by atomic mass is 35.5. The van der Waals surface area contributed by atoms with E-state index in [1.54, 1.807) is 18.2 Å². The molecule has 34 heavy (non-hydrogen) atoms. The summed E-state index contributed by atoms with van der Waals surface area (Å²) >= 11 is 31.0. The molecule has 0 saturated heterocycles. The molecule has 1 saturated carbocycles. The van der Waals surface area contributed by atoms with Crippen LogP contribution in [0.15, 0.2) is 54.6 Å². The van der Waals surface area contributed by atoms with Crippen molar-refractivity contribution in [2.45, 2.75) is 16.7 Å². The van der Waals surface area contributed by atoms with Crippen molar-refractivity contribution in [1.82, 2.24) is 0 Å². The third-order valence-corrected chi connectivity index (χ3v) is 7.19. The molecule has 0 aliphatic heterocycles. The number of rotatable bonds is 6. The largest absolute Gasteiger partial charge is 0.326 e. The number of benzene rings is 3. The number of Topliss-reactive ketones (excluding diaryl/α,β-unsaturated/α-hetero) is 1. The van der Waals surface area contributed by atoms with Gasteiger partial charge in [-0.3, -0.25) is 9.59 Å².